The molecule has 0 atom stereocenters. The van der Waals surface area contributed by atoms with E-state index in [2.05, 4.69) is 30.2 Å². The van der Waals surface area contributed by atoms with Gasteiger partial charge >= 0.3 is 0 Å². The van der Waals surface area contributed by atoms with Gasteiger partial charge in [0.25, 0.3) is 0 Å². The fraction of sp³-hybridized carbons (Fsp3) is 0.667. The number of aliphatic imine (C=N–C) groups is 1. The van der Waals surface area contributed by atoms with Crippen molar-refractivity contribution in [2.75, 3.05) is 6.67 Å². The molecule has 2 nitrogen and oxygen atoms in total. The maximum absolute atomic E-state index is 4.04. The summed E-state index contributed by atoms with van der Waals surface area (Å²) >= 11 is 0. The van der Waals surface area contributed by atoms with Crippen LogP contribution >= 0.6 is 0 Å². The molecule has 0 aromatic heterocycles. The first-order valence-electron chi connectivity index (χ1n) is 4.22. The Kier molecular flexibility index (Phi) is 3.14. The van der Waals surface area contributed by atoms with Gasteiger partial charge in [-0.05, 0) is 24.8 Å². The van der Waals surface area contributed by atoms with Crippen LogP contribution in [-0.4, -0.2) is 12.9 Å². The third-order valence-electron chi connectivity index (χ3n) is 1.77. The van der Waals surface area contributed by atoms with Crippen molar-refractivity contribution in [2.24, 2.45) is 10.9 Å². The number of nitrogens with zero attached hydrogens (tertiary/aromatic N) is 1. The minimum absolute atomic E-state index is 0.754. The van der Waals surface area contributed by atoms with Gasteiger partial charge in [-0.3, -0.25) is 4.99 Å². The molecule has 0 unspecified atom stereocenters. The van der Waals surface area contributed by atoms with E-state index in [0.29, 0.717) is 0 Å². The highest BCUT2D eigenvalue weighted by molar-refractivity contribution is 5.72. The lowest BCUT2D eigenvalue weighted by molar-refractivity contribution is 0.567. The first kappa shape index (κ1) is 8.31. The highest BCUT2D eigenvalue weighted by Crippen LogP contribution is 2.09. The Morgan fingerprint density at radius 3 is 3.00 bits per heavy atom. The molecule has 1 N–H and O–H groups in total. The zero-order valence-electron chi connectivity index (χ0n) is 7.30. The van der Waals surface area contributed by atoms with Gasteiger partial charge in [-0.2, -0.15) is 0 Å². The standard InChI is InChI=1S/C9H16N2/c1-8(2)3-4-9-5-6-10-7-11-9/h5-6,8,11H,3-4,7H2,1-2H3. The van der Waals surface area contributed by atoms with E-state index in [-0.39, 0.29) is 0 Å². The SMILES string of the molecule is CC(C)CCC1=CC=NCN1. The average Bonchev–Trinajstić information content (AvgIpc) is 2.03. The Hall–Kier alpha value is -0.790. The summed E-state index contributed by atoms with van der Waals surface area (Å²) in [7, 11) is 0. The minimum Gasteiger partial charge on any atom is -0.370 e. The molecule has 0 amide bonds. The number of hydrogen-bond acceptors (Lipinski definition) is 2. The average molecular weight is 152 g/mol. The van der Waals surface area contributed by atoms with E-state index in [4.69, 9.17) is 0 Å². The van der Waals surface area contributed by atoms with Crippen LogP contribution < -0.4 is 5.32 Å². The third-order valence-corrected chi connectivity index (χ3v) is 1.77. The van der Waals surface area contributed by atoms with Crippen molar-refractivity contribution in [1.82, 2.24) is 5.32 Å². The third kappa shape index (κ3) is 3.21. The maximum Gasteiger partial charge on any atom is 0.107 e. The van der Waals surface area contributed by atoms with Gasteiger partial charge in [0.1, 0.15) is 6.67 Å². The first-order chi connectivity index (χ1) is 5.29. The lowest BCUT2D eigenvalue weighted by atomic mass is 10.1. The Bertz CT molecular complexity index is 168. The second-order valence-electron chi connectivity index (χ2n) is 3.29. The molecule has 0 aromatic rings. The van der Waals surface area contributed by atoms with Gasteiger partial charge in [-0.1, -0.05) is 13.8 Å². The Morgan fingerprint density at radius 2 is 2.45 bits per heavy atom. The maximum atomic E-state index is 4.04. The summed E-state index contributed by atoms with van der Waals surface area (Å²) in [6.45, 7) is 5.25. The monoisotopic (exact) mass is 152 g/mol. The van der Waals surface area contributed by atoms with E-state index in [1.165, 1.54) is 12.1 Å². The Labute approximate surface area is 68.4 Å². The van der Waals surface area contributed by atoms with E-state index in [1.54, 1.807) is 0 Å². The summed E-state index contributed by atoms with van der Waals surface area (Å²) in [6.07, 6.45) is 6.36. The van der Waals surface area contributed by atoms with E-state index in [0.717, 1.165) is 19.0 Å². The molecule has 62 valence electrons. The minimum atomic E-state index is 0.754. The molecule has 0 saturated heterocycles. The predicted molar refractivity (Wildman–Crippen MR) is 48.6 cm³/mol. The highest BCUT2D eigenvalue weighted by Gasteiger charge is 1.99. The molecule has 0 radical (unpaired) electrons. The second kappa shape index (κ2) is 4.16. The topological polar surface area (TPSA) is 24.4 Å². The van der Waals surface area contributed by atoms with Crippen molar-refractivity contribution >= 4 is 6.21 Å². The van der Waals surface area contributed by atoms with E-state index >= 15 is 0 Å². The fourth-order valence-electron chi connectivity index (χ4n) is 1.02. The van der Waals surface area contributed by atoms with E-state index in [9.17, 15) is 0 Å². The van der Waals surface area contributed by atoms with Gasteiger partial charge in [-0.25, -0.2) is 0 Å². The van der Waals surface area contributed by atoms with Crippen LogP contribution in [0.15, 0.2) is 16.8 Å². The molecule has 1 rings (SSSR count). The zero-order chi connectivity index (χ0) is 8.10. The molecular formula is C9H16N2. The molecular weight excluding hydrogens is 136 g/mol. The largest absolute Gasteiger partial charge is 0.370 e. The predicted octanol–water partition coefficient (Wildman–Crippen LogP) is 1.94. The molecule has 1 aliphatic heterocycles. The molecule has 0 bridgehead atoms. The molecule has 0 aliphatic carbocycles. The smallest absolute Gasteiger partial charge is 0.107 e. The van der Waals surface area contributed by atoms with Crippen LogP contribution in [0.25, 0.3) is 0 Å². The van der Waals surface area contributed by atoms with Gasteiger partial charge in [0, 0.05) is 11.9 Å². The van der Waals surface area contributed by atoms with Gasteiger partial charge in [0.2, 0.25) is 0 Å². The van der Waals surface area contributed by atoms with Gasteiger partial charge in [0.05, 0.1) is 0 Å². The second-order valence-corrected chi connectivity index (χ2v) is 3.29. The number of hydrogen-bond donors (Lipinski definition) is 1. The summed E-state index contributed by atoms with van der Waals surface area (Å²) < 4.78 is 0. The molecule has 0 spiro atoms. The number of allylic oxidation sites excluding steroid dienone is 2. The van der Waals surface area contributed by atoms with Crippen LogP contribution in [-0.2, 0) is 0 Å². The lowest BCUT2D eigenvalue weighted by Gasteiger charge is -2.12. The van der Waals surface area contributed by atoms with Crippen LogP contribution in [0.4, 0.5) is 0 Å². The molecule has 2 heteroatoms. The van der Waals surface area contributed by atoms with Crippen LogP contribution in [0.3, 0.4) is 0 Å². The quantitative estimate of drug-likeness (QED) is 0.656. The summed E-state index contributed by atoms with van der Waals surface area (Å²) in [4.78, 5) is 4.04. The zero-order valence-corrected chi connectivity index (χ0v) is 7.30. The van der Waals surface area contributed by atoms with Gasteiger partial charge in [0.15, 0.2) is 0 Å². The summed E-state index contributed by atoms with van der Waals surface area (Å²) in [5, 5.41) is 3.24. The lowest BCUT2D eigenvalue weighted by Crippen LogP contribution is -2.17. The van der Waals surface area contributed by atoms with E-state index < -0.39 is 0 Å². The summed E-state index contributed by atoms with van der Waals surface area (Å²) in [5.41, 5.74) is 1.33. The van der Waals surface area contributed by atoms with Crippen molar-refractivity contribution in [3.63, 3.8) is 0 Å². The van der Waals surface area contributed by atoms with Gasteiger partial charge in [-0.15, -0.1) is 0 Å². The Morgan fingerprint density at radius 1 is 1.64 bits per heavy atom. The van der Waals surface area contributed by atoms with Crippen LogP contribution in [0, 0.1) is 5.92 Å². The molecule has 1 aliphatic rings. The molecule has 0 fully saturated rings. The van der Waals surface area contributed by atoms with Crippen molar-refractivity contribution in [3.05, 3.63) is 11.8 Å². The van der Waals surface area contributed by atoms with Crippen molar-refractivity contribution in [2.45, 2.75) is 26.7 Å². The molecule has 1 heterocycles. The van der Waals surface area contributed by atoms with Crippen molar-refractivity contribution in [3.8, 4) is 0 Å². The van der Waals surface area contributed by atoms with Crippen molar-refractivity contribution in [1.29, 1.82) is 0 Å². The van der Waals surface area contributed by atoms with Gasteiger partial charge < -0.3 is 5.32 Å². The van der Waals surface area contributed by atoms with Crippen LogP contribution in [0.5, 0.6) is 0 Å². The fourth-order valence-corrected chi connectivity index (χ4v) is 1.02. The van der Waals surface area contributed by atoms with Crippen molar-refractivity contribution < 1.29 is 0 Å². The summed E-state index contributed by atoms with van der Waals surface area (Å²) in [6, 6.07) is 0. The Balaban J connectivity index is 2.25. The normalized spacial score (nSPS) is 16.5. The van der Waals surface area contributed by atoms with E-state index in [1.807, 2.05) is 6.21 Å². The molecule has 0 saturated carbocycles. The van der Waals surface area contributed by atoms with Crippen LogP contribution in [0.2, 0.25) is 0 Å². The van der Waals surface area contributed by atoms with Crippen LogP contribution in [0.1, 0.15) is 26.7 Å². The number of nitrogens with one attached hydrogen (secondary N) is 1. The highest BCUT2D eigenvalue weighted by atomic mass is 15.0. The molecule has 11 heavy (non-hydrogen) atoms. The molecule has 0 aromatic carbocycles. The first-order valence-corrected chi connectivity index (χ1v) is 4.22. The number of rotatable bonds is 3. The summed E-state index contributed by atoms with van der Waals surface area (Å²) in [5.74, 6) is 0.788.